The Morgan fingerprint density at radius 1 is 1.40 bits per heavy atom. The molecular formula is C12H16O3. The van der Waals surface area contributed by atoms with Gasteiger partial charge >= 0.3 is 5.97 Å². The van der Waals surface area contributed by atoms with Crippen molar-refractivity contribution in [3.63, 3.8) is 0 Å². The Bertz CT molecular complexity index is 350. The van der Waals surface area contributed by atoms with Gasteiger partial charge in [-0.25, -0.2) is 4.79 Å². The highest BCUT2D eigenvalue weighted by Crippen LogP contribution is 2.18. The maximum Gasteiger partial charge on any atom is 0.335 e. The number of aromatic carboxylic acids is 1. The summed E-state index contributed by atoms with van der Waals surface area (Å²) in [6, 6.07) is 6.53. The van der Waals surface area contributed by atoms with Crippen molar-refractivity contribution in [1.82, 2.24) is 0 Å². The van der Waals surface area contributed by atoms with Gasteiger partial charge in [-0.15, -0.1) is 0 Å². The molecule has 15 heavy (non-hydrogen) atoms. The molecule has 0 aliphatic heterocycles. The molecule has 0 saturated heterocycles. The van der Waals surface area contributed by atoms with Gasteiger partial charge in [0.15, 0.2) is 0 Å². The van der Waals surface area contributed by atoms with Crippen molar-refractivity contribution in [2.45, 2.75) is 20.8 Å². The zero-order chi connectivity index (χ0) is 11.5. The van der Waals surface area contributed by atoms with Gasteiger partial charge in [-0.05, 0) is 23.6 Å². The minimum absolute atomic E-state index is 0.0687. The van der Waals surface area contributed by atoms with Gasteiger partial charge in [-0.2, -0.15) is 0 Å². The van der Waals surface area contributed by atoms with Gasteiger partial charge in [0, 0.05) is 0 Å². The van der Waals surface area contributed by atoms with Crippen molar-refractivity contribution in [3.05, 3.63) is 29.8 Å². The fourth-order valence-corrected chi connectivity index (χ4v) is 1.02. The highest BCUT2D eigenvalue weighted by Gasteiger charge is 2.11. The average Bonchev–Trinajstić information content (AvgIpc) is 2.14. The van der Waals surface area contributed by atoms with Gasteiger partial charge in [-0.1, -0.05) is 26.8 Å². The summed E-state index contributed by atoms with van der Waals surface area (Å²) in [7, 11) is 0. The maximum absolute atomic E-state index is 10.7. The lowest BCUT2D eigenvalue weighted by Gasteiger charge is -2.18. The van der Waals surface area contributed by atoms with E-state index in [0.29, 0.717) is 12.4 Å². The van der Waals surface area contributed by atoms with E-state index in [1.54, 1.807) is 18.2 Å². The molecule has 1 aromatic rings. The Kier molecular flexibility index (Phi) is 3.35. The molecule has 0 aliphatic rings. The molecule has 0 saturated carbocycles. The second-order valence-electron chi connectivity index (χ2n) is 4.68. The summed E-state index contributed by atoms with van der Waals surface area (Å²) in [6.07, 6.45) is 0. The highest BCUT2D eigenvalue weighted by atomic mass is 16.5. The van der Waals surface area contributed by atoms with Crippen molar-refractivity contribution in [3.8, 4) is 5.75 Å². The normalized spacial score (nSPS) is 11.1. The predicted octanol–water partition coefficient (Wildman–Crippen LogP) is 2.81. The number of ether oxygens (including phenoxy) is 1. The van der Waals surface area contributed by atoms with Gasteiger partial charge in [-0.3, -0.25) is 0 Å². The Hall–Kier alpha value is -1.51. The van der Waals surface area contributed by atoms with Crippen LogP contribution in [-0.2, 0) is 0 Å². The first kappa shape index (κ1) is 11.6. The molecule has 1 rings (SSSR count). The molecule has 0 amide bonds. The predicted molar refractivity (Wildman–Crippen MR) is 58.4 cm³/mol. The monoisotopic (exact) mass is 208 g/mol. The third-order valence-electron chi connectivity index (χ3n) is 1.75. The van der Waals surface area contributed by atoms with Crippen molar-refractivity contribution in [2.75, 3.05) is 6.61 Å². The second kappa shape index (κ2) is 4.34. The first-order valence-electron chi connectivity index (χ1n) is 4.85. The van der Waals surface area contributed by atoms with E-state index in [1.165, 1.54) is 6.07 Å². The largest absolute Gasteiger partial charge is 0.493 e. The molecule has 0 aliphatic carbocycles. The number of hydrogen-bond acceptors (Lipinski definition) is 2. The topological polar surface area (TPSA) is 46.5 Å². The Morgan fingerprint density at radius 3 is 2.60 bits per heavy atom. The lowest BCUT2D eigenvalue weighted by molar-refractivity contribution is 0.0696. The summed E-state index contributed by atoms with van der Waals surface area (Å²) in [6.45, 7) is 6.76. The van der Waals surface area contributed by atoms with Crippen LogP contribution in [0, 0.1) is 5.41 Å². The molecule has 0 unspecified atom stereocenters. The first-order valence-corrected chi connectivity index (χ1v) is 4.85. The molecule has 0 heterocycles. The molecule has 0 spiro atoms. The third kappa shape index (κ3) is 4.02. The minimum Gasteiger partial charge on any atom is -0.493 e. The standard InChI is InChI=1S/C12H16O3/c1-12(2,3)8-15-10-6-4-5-9(7-10)11(13)14/h4-7H,8H2,1-3H3,(H,13,14). The van der Waals surface area contributed by atoms with Crippen molar-refractivity contribution in [1.29, 1.82) is 0 Å². The summed E-state index contributed by atoms with van der Waals surface area (Å²) in [5, 5.41) is 8.78. The summed E-state index contributed by atoms with van der Waals surface area (Å²) >= 11 is 0. The summed E-state index contributed by atoms with van der Waals surface area (Å²) in [5.74, 6) is -0.332. The Labute approximate surface area is 89.7 Å². The molecule has 0 aromatic heterocycles. The molecule has 1 aromatic carbocycles. The second-order valence-corrected chi connectivity index (χ2v) is 4.68. The lowest BCUT2D eigenvalue weighted by atomic mass is 9.99. The molecule has 0 atom stereocenters. The number of carboxylic acid groups (broad SMARTS) is 1. The average molecular weight is 208 g/mol. The number of rotatable bonds is 3. The smallest absolute Gasteiger partial charge is 0.335 e. The number of benzene rings is 1. The van der Waals surface area contributed by atoms with Crippen LogP contribution in [0.3, 0.4) is 0 Å². The van der Waals surface area contributed by atoms with Gasteiger partial charge in [0.05, 0.1) is 12.2 Å². The molecule has 0 fully saturated rings. The third-order valence-corrected chi connectivity index (χ3v) is 1.75. The minimum atomic E-state index is -0.934. The number of carbonyl (C=O) groups is 1. The summed E-state index contributed by atoms with van der Waals surface area (Å²) < 4.78 is 5.50. The van der Waals surface area contributed by atoms with Gasteiger partial charge in [0.2, 0.25) is 0 Å². The van der Waals surface area contributed by atoms with E-state index >= 15 is 0 Å². The molecular weight excluding hydrogens is 192 g/mol. The van der Waals surface area contributed by atoms with Crippen LogP contribution >= 0.6 is 0 Å². The lowest BCUT2D eigenvalue weighted by Crippen LogP contribution is -2.17. The number of hydrogen-bond donors (Lipinski definition) is 1. The van der Waals surface area contributed by atoms with E-state index < -0.39 is 5.97 Å². The van der Waals surface area contributed by atoms with Crippen molar-refractivity contribution in [2.24, 2.45) is 5.41 Å². The van der Waals surface area contributed by atoms with E-state index in [9.17, 15) is 4.79 Å². The zero-order valence-corrected chi connectivity index (χ0v) is 9.28. The molecule has 82 valence electrons. The van der Waals surface area contributed by atoms with Crippen LogP contribution in [-0.4, -0.2) is 17.7 Å². The van der Waals surface area contributed by atoms with Crippen LogP contribution in [0.2, 0.25) is 0 Å². The molecule has 1 N–H and O–H groups in total. The van der Waals surface area contributed by atoms with Gasteiger partial charge < -0.3 is 9.84 Å². The first-order chi connectivity index (χ1) is 6.88. The zero-order valence-electron chi connectivity index (χ0n) is 9.28. The van der Waals surface area contributed by atoms with E-state index in [-0.39, 0.29) is 11.0 Å². The fraction of sp³-hybridized carbons (Fsp3) is 0.417. The van der Waals surface area contributed by atoms with Crippen molar-refractivity contribution >= 4 is 5.97 Å². The van der Waals surface area contributed by atoms with Gasteiger partial charge in [0.1, 0.15) is 5.75 Å². The van der Waals surface area contributed by atoms with Gasteiger partial charge in [0.25, 0.3) is 0 Å². The SMILES string of the molecule is CC(C)(C)COc1cccc(C(=O)O)c1. The fourth-order valence-electron chi connectivity index (χ4n) is 1.02. The van der Waals surface area contributed by atoms with Crippen molar-refractivity contribution < 1.29 is 14.6 Å². The van der Waals surface area contributed by atoms with Crippen LogP contribution in [0.4, 0.5) is 0 Å². The number of carboxylic acids is 1. The van der Waals surface area contributed by atoms with Crippen LogP contribution in [0.25, 0.3) is 0 Å². The van der Waals surface area contributed by atoms with E-state index in [0.717, 1.165) is 0 Å². The van der Waals surface area contributed by atoms with E-state index in [1.807, 2.05) is 0 Å². The highest BCUT2D eigenvalue weighted by molar-refractivity contribution is 5.87. The molecule has 0 bridgehead atoms. The van der Waals surface area contributed by atoms with Crippen LogP contribution < -0.4 is 4.74 Å². The van der Waals surface area contributed by atoms with E-state index in [2.05, 4.69) is 20.8 Å². The summed E-state index contributed by atoms with van der Waals surface area (Å²) in [4.78, 5) is 10.7. The van der Waals surface area contributed by atoms with E-state index in [4.69, 9.17) is 9.84 Å². The van der Waals surface area contributed by atoms with Crippen LogP contribution in [0.15, 0.2) is 24.3 Å². The quantitative estimate of drug-likeness (QED) is 0.830. The maximum atomic E-state index is 10.7. The summed E-state index contributed by atoms with van der Waals surface area (Å²) in [5.41, 5.74) is 0.320. The Morgan fingerprint density at radius 2 is 2.07 bits per heavy atom. The molecule has 0 radical (unpaired) electrons. The molecule has 3 nitrogen and oxygen atoms in total. The molecule has 3 heteroatoms. The van der Waals surface area contributed by atoms with Crippen LogP contribution in [0.1, 0.15) is 31.1 Å². The van der Waals surface area contributed by atoms with Crippen LogP contribution in [0.5, 0.6) is 5.75 Å². The Balaban J connectivity index is 2.70.